The number of fused-ring (bicyclic) bond motifs is 1. The molecule has 6 nitrogen and oxygen atoms in total. The number of allylic oxidation sites excluding steroid dienone is 2. The summed E-state index contributed by atoms with van der Waals surface area (Å²) in [6, 6.07) is 20.4. The molecule has 1 heterocycles. The highest BCUT2D eigenvalue weighted by Crippen LogP contribution is 2.35. The second-order valence-electron chi connectivity index (χ2n) is 9.62. The zero-order chi connectivity index (χ0) is 26.3. The summed E-state index contributed by atoms with van der Waals surface area (Å²) in [6.45, 7) is 9.61. The van der Waals surface area contributed by atoms with Gasteiger partial charge in [0.05, 0.1) is 25.6 Å². The summed E-state index contributed by atoms with van der Waals surface area (Å²) in [7, 11) is 0. The van der Waals surface area contributed by atoms with Gasteiger partial charge in [0.25, 0.3) is 0 Å². The third kappa shape index (κ3) is 5.65. The van der Waals surface area contributed by atoms with Crippen molar-refractivity contribution in [1.29, 1.82) is 0 Å². The second-order valence-corrected chi connectivity index (χ2v) is 9.62. The molecule has 2 aliphatic rings. The summed E-state index contributed by atoms with van der Waals surface area (Å²) in [5.41, 5.74) is 6.94. The summed E-state index contributed by atoms with van der Waals surface area (Å²) >= 11 is 0. The monoisotopic (exact) mass is 508 g/mol. The van der Waals surface area contributed by atoms with E-state index in [9.17, 15) is 5.11 Å². The summed E-state index contributed by atoms with van der Waals surface area (Å²) in [5.74, 6) is 0.203. The lowest BCUT2D eigenvalue weighted by Crippen LogP contribution is -2.36. The number of benzene rings is 3. The zero-order valence-corrected chi connectivity index (χ0v) is 22.3. The number of phenols is 1. The van der Waals surface area contributed by atoms with Crippen molar-refractivity contribution in [3.8, 4) is 5.75 Å². The predicted octanol–water partition coefficient (Wildman–Crippen LogP) is 6.26. The number of nitrogens with zero attached hydrogens (tertiary/aromatic N) is 4. The lowest BCUT2D eigenvalue weighted by molar-refractivity contribution is 0.0548. The maximum absolute atomic E-state index is 10.4. The van der Waals surface area contributed by atoms with Gasteiger partial charge in [0.15, 0.2) is 0 Å². The van der Waals surface area contributed by atoms with E-state index in [-0.39, 0.29) is 5.75 Å². The Kier molecular flexibility index (Phi) is 8.19. The summed E-state index contributed by atoms with van der Waals surface area (Å²) in [4.78, 5) is 4.78. The van der Waals surface area contributed by atoms with Gasteiger partial charge in [-0.05, 0) is 78.4 Å². The van der Waals surface area contributed by atoms with E-state index in [0.717, 1.165) is 63.0 Å². The van der Waals surface area contributed by atoms with Crippen LogP contribution in [0.4, 0.5) is 5.69 Å². The van der Waals surface area contributed by atoms with Crippen molar-refractivity contribution < 1.29 is 9.84 Å². The van der Waals surface area contributed by atoms with E-state index < -0.39 is 0 Å². The van der Waals surface area contributed by atoms with E-state index >= 15 is 0 Å². The van der Waals surface area contributed by atoms with Crippen LogP contribution in [0.1, 0.15) is 37.8 Å². The van der Waals surface area contributed by atoms with Crippen LogP contribution in [0, 0.1) is 0 Å². The number of rotatable bonds is 8. The van der Waals surface area contributed by atoms with Gasteiger partial charge in [0, 0.05) is 43.1 Å². The highest BCUT2D eigenvalue weighted by atomic mass is 16.5. The number of hydrogen-bond acceptors (Lipinski definition) is 6. The number of ether oxygens (including phenoxy) is 1. The van der Waals surface area contributed by atoms with Gasteiger partial charge >= 0.3 is 0 Å². The second kappa shape index (κ2) is 12.1. The third-order valence-corrected chi connectivity index (χ3v) is 7.38. The van der Waals surface area contributed by atoms with Gasteiger partial charge in [-0.2, -0.15) is 10.2 Å². The first kappa shape index (κ1) is 25.7. The van der Waals surface area contributed by atoms with Gasteiger partial charge in [-0.15, -0.1) is 0 Å². The Bertz CT molecular complexity index is 1380. The number of hydrogen-bond donors (Lipinski definition) is 1. The smallest absolute Gasteiger partial charge is 0.125 e. The molecular weight excluding hydrogens is 472 g/mol. The fourth-order valence-corrected chi connectivity index (χ4v) is 5.36. The molecule has 0 saturated carbocycles. The molecule has 5 rings (SSSR count). The molecule has 1 aliphatic heterocycles. The van der Waals surface area contributed by atoms with Crippen LogP contribution in [0.5, 0.6) is 5.75 Å². The minimum absolute atomic E-state index is 0.203. The Labute approximate surface area is 225 Å². The van der Waals surface area contributed by atoms with Crippen LogP contribution in [0.25, 0.3) is 16.8 Å². The van der Waals surface area contributed by atoms with Gasteiger partial charge < -0.3 is 19.6 Å². The van der Waals surface area contributed by atoms with E-state index in [4.69, 9.17) is 4.74 Å². The van der Waals surface area contributed by atoms with Crippen LogP contribution >= 0.6 is 0 Å². The van der Waals surface area contributed by atoms with Gasteiger partial charge in [0.2, 0.25) is 0 Å². The minimum atomic E-state index is 0.203. The standard InChI is InChI=1S/C32H36N4O2/c1-3-35(4-2)28-14-9-24(10-15-28)21-26-11-12-27(32(26)36-17-19-38-20-18-36)22-33-34-23-30-29-8-6-5-7-25(29)13-16-31(30)37/h5-10,13-16,21-23,37H,3-4,11-12,17-20H2,1-2H3/b26-21+,33-22+,34-23+. The van der Waals surface area contributed by atoms with Crippen LogP contribution in [-0.2, 0) is 4.74 Å². The fraction of sp³-hybridized carbons (Fsp3) is 0.312. The molecule has 38 heavy (non-hydrogen) atoms. The Hall–Kier alpha value is -3.90. The number of phenolic OH excluding ortho intramolecular Hbond substituents is 1. The molecule has 0 unspecified atom stereocenters. The summed E-state index contributed by atoms with van der Waals surface area (Å²) in [6.07, 6.45) is 7.74. The topological polar surface area (TPSA) is 60.7 Å². The van der Waals surface area contributed by atoms with Crippen LogP contribution in [0.3, 0.4) is 0 Å². The first-order valence-electron chi connectivity index (χ1n) is 13.6. The van der Waals surface area contributed by atoms with Gasteiger partial charge in [-0.3, -0.25) is 0 Å². The molecule has 1 saturated heterocycles. The first-order valence-corrected chi connectivity index (χ1v) is 13.6. The lowest BCUT2D eigenvalue weighted by Gasteiger charge is -2.31. The van der Waals surface area contributed by atoms with Crippen molar-refractivity contribution in [2.75, 3.05) is 44.3 Å². The molecule has 1 aliphatic carbocycles. The molecule has 0 amide bonds. The molecule has 3 aromatic rings. The largest absolute Gasteiger partial charge is 0.507 e. The molecule has 0 spiro atoms. The zero-order valence-electron chi connectivity index (χ0n) is 22.3. The molecule has 0 radical (unpaired) electrons. The average Bonchev–Trinajstić information content (AvgIpc) is 3.36. The van der Waals surface area contributed by atoms with E-state index in [1.54, 1.807) is 12.3 Å². The van der Waals surface area contributed by atoms with Crippen LogP contribution in [0.2, 0.25) is 0 Å². The van der Waals surface area contributed by atoms with Crippen molar-refractivity contribution in [3.05, 3.63) is 88.6 Å². The molecular formula is C32H36N4O2. The Balaban J connectivity index is 1.42. The average molecular weight is 509 g/mol. The van der Waals surface area contributed by atoms with Crippen LogP contribution in [0.15, 0.2) is 87.7 Å². The minimum Gasteiger partial charge on any atom is -0.507 e. The van der Waals surface area contributed by atoms with Crippen LogP contribution < -0.4 is 4.90 Å². The molecule has 0 atom stereocenters. The molecule has 0 aromatic heterocycles. The Morgan fingerprint density at radius 2 is 1.63 bits per heavy atom. The molecule has 1 fully saturated rings. The van der Waals surface area contributed by atoms with E-state index in [1.807, 2.05) is 36.5 Å². The summed E-state index contributed by atoms with van der Waals surface area (Å²) < 4.78 is 5.63. The molecule has 1 N–H and O–H groups in total. The van der Waals surface area contributed by atoms with Gasteiger partial charge in [0.1, 0.15) is 5.75 Å². The van der Waals surface area contributed by atoms with Crippen molar-refractivity contribution in [3.63, 3.8) is 0 Å². The third-order valence-electron chi connectivity index (χ3n) is 7.38. The van der Waals surface area contributed by atoms with Crippen LogP contribution in [-0.4, -0.2) is 61.8 Å². The molecule has 3 aromatic carbocycles. The van der Waals surface area contributed by atoms with Crippen molar-refractivity contribution in [2.24, 2.45) is 10.2 Å². The highest BCUT2D eigenvalue weighted by Gasteiger charge is 2.25. The van der Waals surface area contributed by atoms with Crippen molar-refractivity contribution in [1.82, 2.24) is 4.90 Å². The maximum atomic E-state index is 10.4. The summed E-state index contributed by atoms with van der Waals surface area (Å²) in [5, 5.41) is 21.2. The van der Waals surface area contributed by atoms with E-state index in [2.05, 4.69) is 64.2 Å². The van der Waals surface area contributed by atoms with E-state index in [0.29, 0.717) is 5.56 Å². The molecule has 0 bridgehead atoms. The Morgan fingerprint density at radius 1 is 0.895 bits per heavy atom. The maximum Gasteiger partial charge on any atom is 0.125 e. The van der Waals surface area contributed by atoms with Gasteiger partial charge in [-0.1, -0.05) is 42.5 Å². The Morgan fingerprint density at radius 3 is 2.39 bits per heavy atom. The normalized spacial score (nSPS) is 17.5. The van der Waals surface area contributed by atoms with Gasteiger partial charge in [-0.25, -0.2) is 0 Å². The number of aromatic hydroxyl groups is 1. The van der Waals surface area contributed by atoms with E-state index in [1.165, 1.54) is 28.1 Å². The SMILES string of the molecule is CCN(CC)c1ccc(/C=C2\CCC(/C=N/N=C/c3c(O)ccc4ccccc34)=C2N2CCOCC2)cc1. The van der Waals surface area contributed by atoms with Crippen molar-refractivity contribution >= 4 is 35.0 Å². The number of anilines is 1. The lowest BCUT2D eigenvalue weighted by atomic mass is 10.0. The highest BCUT2D eigenvalue weighted by molar-refractivity contribution is 6.02. The predicted molar refractivity (Wildman–Crippen MR) is 158 cm³/mol. The molecule has 196 valence electrons. The first-order chi connectivity index (χ1) is 18.7. The fourth-order valence-electron chi connectivity index (χ4n) is 5.36. The van der Waals surface area contributed by atoms with Crippen molar-refractivity contribution in [2.45, 2.75) is 26.7 Å². The number of morpholine rings is 1. The quantitative estimate of drug-likeness (QED) is 0.288. The molecule has 6 heteroatoms.